The van der Waals surface area contributed by atoms with E-state index >= 15 is 0 Å². The van der Waals surface area contributed by atoms with E-state index in [1.54, 1.807) is 17.3 Å². The van der Waals surface area contributed by atoms with E-state index in [4.69, 9.17) is 5.73 Å². The number of benzene rings is 2. The molecule has 0 radical (unpaired) electrons. The Morgan fingerprint density at radius 3 is 2.75 bits per heavy atom. The van der Waals surface area contributed by atoms with Gasteiger partial charge in [-0.25, -0.2) is 14.4 Å². The highest BCUT2D eigenvalue weighted by molar-refractivity contribution is 5.84. The van der Waals surface area contributed by atoms with Gasteiger partial charge in [0, 0.05) is 37.3 Å². The fraction of sp³-hybridized carbons (Fsp3) is 0.0952. The highest BCUT2D eigenvalue weighted by Gasteiger charge is 2.18. The van der Waals surface area contributed by atoms with Crippen molar-refractivity contribution in [3.63, 3.8) is 0 Å². The fourth-order valence-electron chi connectivity index (χ4n) is 3.31. The number of hydrogen-bond acceptors (Lipinski definition) is 5. The van der Waals surface area contributed by atoms with Crippen LogP contribution in [0.5, 0.6) is 0 Å². The molecule has 4 rings (SSSR count). The van der Waals surface area contributed by atoms with Gasteiger partial charge in [-0.05, 0) is 30.7 Å². The fourth-order valence-corrected chi connectivity index (χ4v) is 3.31. The van der Waals surface area contributed by atoms with E-state index in [9.17, 15) is 4.39 Å². The van der Waals surface area contributed by atoms with Crippen molar-refractivity contribution in [2.24, 2.45) is 5.10 Å². The molecule has 0 atom stereocenters. The molecule has 2 heterocycles. The van der Waals surface area contributed by atoms with Crippen molar-refractivity contribution in [1.29, 1.82) is 0 Å². The smallest absolute Gasteiger partial charge is 0.180 e. The van der Waals surface area contributed by atoms with E-state index in [0.29, 0.717) is 16.9 Å². The number of nitrogens with two attached hydrogens (primary N) is 1. The van der Waals surface area contributed by atoms with Gasteiger partial charge in [0.05, 0.1) is 17.1 Å². The summed E-state index contributed by atoms with van der Waals surface area (Å²) in [7, 11) is 1.83. The standard InChI is InChI=1S/C21H19FN6/c1-13-7-8-15(12-17(13)27(3)24-2)19-18(14-5-4-6-16(22)11-14)26-20(23)21-25-9-10-28(19)21/h4-12H,2H2,1,3H3,(H2,23,26). The normalized spacial score (nSPS) is 11.0. The van der Waals surface area contributed by atoms with Crippen molar-refractivity contribution in [3.05, 3.63) is 66.2 Å². The van der Waals surface area contributed by atoms with Crippen molar-refractivity contribution in [2.75, 3.05) is 17.8 Å². The summed E-state index contributed by atoms with van der Waals surface area (Å²) in [6.45, 7) is 5.60. The van der Waals surface area contributed by atoms with Crippen molar-refractivity contribution < 1.29 is 4.39 Å². The van der Waals surface area contributed by atoms with Crippen LogP contribution in [0.25, 0.3) is 28.2 Å². The second-order valence-corrected chi connectivity index (χ2v) is 6.49. The maximum Gasteiger partial charge on any atom is 0.180 e. The Bertz CT molecular complexity index is 1200. The summed E-state index contributed by atoms with van der Waals surface area (Å²) in [6.07, 6.45) is 3.49. The maximum absolute atomic E-state index is 13.9. The molecule has 28 heavy (non-hydrogen) atoms. The average Bonchev–Trinajstić information content (AvgIpc) is 3.18. The first-order chi connectivity index (χ1) is 13.5. The van der Waals surface area contributed by atoms with Crippen LogP contribution in [0, 0.1) is 12.7 Å². The lowest BCUT2D eigenvalue weighted by molar-refractivity contribution is 0.628. The number of nitrogens with zero attached hydrogens (tertiary/aromatic N) is 5. The van der Waals surface area contributed by atoms with E-state index in [1.165, 1.54) is 12.1 Å². The third-order valence-corrected chi connectivity index (χ3v) is 4.71. The minimum absolute atomic E-state index is 0.283. The third kappa shape index (κ3) is 2.87. The number of aryl methyl sites for hydroxylation is 1. The highest BCUT2D eigenvalue weighted by Crippen LogP contribution is 2.35. The summed E-state index contributed by atoms with van der Waals surface area (Å²) in [5.74, 6) is -0.0556. The Morgan fingerprint density at radius 1 is 1.18 bits per heavy atom. The van der Waals surface area contributed by atoms with Crippen LogP contribution >= 0.6 is 0 Å². The number of aromatic nitrogens is 3. The molecule has 0 spiro atoms. The number of hydrogen-bond donors (Lipinski definition) is 1. The Labute approximate surface area is 161 Å². The van der Waals surface area contributed by atoms with Crippen LogP contribution in [0.3, 0.4) is 0 Å². The van der Waals surface area contributed by atoms with Gasteiger partial charge in [-0.15, -0.1) is 0 Å². The Morgan fingerprint density at radius 2 is 2.00 bits per heavy atom. The van der Waals surface area contributed by atoms with Crippen LogP contribution in [0.4, 0.5) is 15.9 Å². The number of nitrogen functional groups attached to an aromatic ring is 1. The van der Waals surface area contributed by atoms with Crippen LogP contribution in [0.1, 0.15) is 5.56 Å². The molecule has 0 unspecified atom stereocenters. The van der Waals surface area contributed by atoms with Gasteiger partial charge < -0.3 is 5.73 Å². The molecule has 2 aromatic carbocycles. The van der Waals surface area contributed by atoms with Crippen LogP contribution < -0.4 is 10.7 Å². The average molecular weight is 374 g/mol. The van der Waals surface area contributed by atoms with Gasteiger partial charge in [0.15, 0.2) is 11.5 Å². The zero-order valence-electron chi connectivity index (χ0n) is 15.6. The molecular weight excluding hydrogens is 355 g/mol. The first-order valence-corrected chi connectivity index (χ1v) is 8.69. The minimum atomic E-state index is -0.338. The zero-order chi connectivity index (χ0) is 19.8. The molecule has 0 aliphatic heterocycles. The molecule has 0 saturated carbocycles. The van der Waals surface area contributed by atoms with Crippen molar-refractivity contribution in [3.8, 4) is 22.5 Å². The van der Waals surface area contributed by atoms with E-state index in [0.717, 1.165) is 22.5 Å². The second kappa shape index (κ2) is 6.77. The van der Waals surface area contributed by atoms with Crippen LogP contribution in [0.15, 0.2) is 60.0 Å². The largest absolute Gasteiger partial charge is 0.381 e. The van der Waals surface area contributed by atoms with Gasteiger partial charge in [0.25, 0.3) is 0 Å². The Balaban J connectivity index is 2.06. The molecule has 0 bridgehead atoms. The number of rotatable bonds is 4. The number of hydrazone groups is 1. The summed E-state index contributed by atoms with van der Waals surface area (Å²) < 4.78 is 15.8. The van der Waals surface area contributed by atoms with Gasteiger partial charge in [0.1, 0.15) is 5.82 Å². The predicted molar refractivity (Wildman–Crippen MR) is 111 cm³/mol. The monoisotopic (exact) mass is 374 g/mol. The predicted octanol–water partition coefficient (Wildman–Crippen LogP) is 4.14. The SMILES string of the molecule is C=NN(C)c1cc(-c2c(-c3cccc(F)c3)nc(N)c3nccn23)ccc1C. The number of imidazole rings is 1. The molecule has 4 aromatic rings. The van der Waals surface area contributed by atoms with Crippen LogP contribution in [-0.4, -0.2) is 28.1 Å². The topological polar surface area (TPSA) is 71.8 Å². The number of fused-ring (bicyclic) bond motifs is 1. The van der Waals surface area contributed by atoms with Crippen LogP contribution in [-0.2, 0) is 0 Å². The van der Waals surface area contributed by atoms with Gasteiger partial charge >= 0.3 is 0 Å². The van der Waals surface area contributed by atoms with Gasteiger partial charge in [0.2, 0.25) is 0 Å². The molecular formula is C21H19FN6. The molecule has 2 N–H and O–H groups in total. The molecule has 2 aromatic heterocycles. The molecule has 7 heteroatoms. The lowest BCUT2D eigenvalue weighted by Gasteiger charge is -2.18. The second-order valence-electron chi connectivity index (χ2n) is 6.49. The zero-order valence-corrected chi connectivity index (χ0v) is 15.6. The number of halogens is 1. The van der Waals surface area contributed by atoms with Crippen molar-refractivity contribution in [2.45, 2.75) is 6.92 Å². The van der Waals surface area contributed by atoms with Gasteiger partial charge in [-0.1, -0.05) is 24.3 Å². The van der Waals surface area contributed by atoms with E-state index in [-0.39, 0.29) is 11.6 Å². The summed E-state index contributed by atoms with van der Waals surface area (Å²) in [4.78, 5) is 8.87. The highest BCUT2D eigenvalue weighted by atomic mass is 19.1. The first kappa shape index (κ1) is 17.7. The Hall–Kier alpha value is -3.74. The van der Waals surface area contributed by atoms with Crippen LogP contribution in [0.2, 0.25) is 0 Å². The number of anilines is 2. The molecule has 140 valence electrons. The first-order valence-electron chi connectivity index (χ1n) is 8.69. The summed E-state index contributed by atoms with van der Waals surface area (Å²) in [5.41, 5.74) is 11.5. The molecule has 6 nitrogen and oxygen atoms in total. The lowest BCUT2D eigenvalue weighted by Crippen LogP contribution is -2.09. The maximum atomic E-state index is 13.9. The summed E-state index contributed by atoms with van der Waals surface area (Å²) in [5, 5.41) is 5.70. The van der Waals surface area contributed by atoms with Gasteiger partial charge in [-0.2, -0.15) is 5.10 Å². The molecule has 0 aliphatic carbocycles. The molecule has 0 fully saturated rings. The summed E-state index contributed by atoms with van der Waals surface area (Å²) in [6, 6.07) is 12.3. The quantitative estimate of drug-likeness (QED) is 0.430. The van der Waals surface area contributed by atoms with Crippen molar-refractivity contribution in [1.82, 2.24) is 14.4 Å². The third-order valence-electron chi connectivity index (χ3n) is 4.71. The van der Waals surface area contributed by atoms with Crippen molar-refractivity contribution >= 4 is 23.9 Å². The van der Waals surface area contributed by atoms with E-state index < -0.39 is 0 Å². The molecule has 0 aliphatic rings. The van der Waals surface area contributed by atoms with E-state index in [2.05, 4.69) is 21.8 Å². The lowest BCUT2D eigenvalue weighted by atomic mass is 10.0. The molecule has 0 saturated heterocycles. The van der Waals surface area contributed by atoms with Gasteiger partial charge in [-0.3, -0.25) is 9.41 Å². The summed E-state index contributed by atoms with van der Waals surface area (Å²) >= 11 is 0. The Kier molecular flexibility index (Phi) is 4.27. The molecule has 0 amide bonds. The van der Waals surface area contributed by atoms with E-state index in [1.807, 2.05) is 48.8 Å². The minimum Gasteiger partial charge on any atom is -0.381 e.